The van der Waals surface area contributed by atoms with Crippen molar-refractivity contribution in [3.05, 3.63) is 33.3 Å². The summed E-state index contributed by atoms with van der Waals surface area (Å²) in [6, 6.07) is 3.56. The summed E-state index contributed by atoms with van der Waals surface area (Å²) in [6.45, 7) is 2.06. The van der Waals surface area contributed by atoms with Crippen molar-refractivity contribution in [3.8, 4) is 5.75 Å². The molecule has 0 aromatic heterocycles. The first-order chi connectivity index (χ1) is 11.6. The quantitative estimate of drug-likeness (QED) is 0.858. The van der Waals surface area contributed by atoms with Crippen LogP contribution in [0.2, 0.25) is 10.0 Å². The number of fused-ring (bicyclic) bond motifs is 2. The Balaban J connectivity index is 1.42. The summed E-state index contributed by atoms with van der Waals surface area (Å²) in [4.78, 5) is 11.7. The second kappa shape index (κ2) is 6.25. The van der Waals surface area contributed by atoms with Gasteiger partial charge in [0, 0.05) is 30.1 Å². The largest absolute Gasteiger partial charge is 0.487 e. The number of carbonyl (C=O) groups is 1. The van der Waals surface area contributed by atoms with Crippen molar-refractivity contribution in [2.24, 2.45) is 5.92 Å². The highest BCUT2D eigenvalue weighted by atomic mass is 35.5. The zero-order chi connectivity index (χ0) is 16.7. The monoisotopic (exact) mass is 366 g/mol. The van der Waals surface area contributed by atoms with Gasteiger partial charge in [-0.2, -0.15) is 0 Å². The fourth-order valence-electron chi connectivity index (χ4n) is 4.25. The van der Waals surface area contributed by atoms with E-state index in [4.69, 9.17) is 27.9 Å². The number of hydrogen-bond donors (Lipinski definition) is 2. The second-order valence-electron chi connectivity index (χ2n) is 7.00. The van der Waals surface area contributed by atoms with E-state index in [1.165, 1.54) is 6.42 Å². The summed E-state index contributed by atoms with van der Waals surface area (Å²) in [5, 5.41) is 7.87. The van der Waals surface area contributed by atoms with Crippen LogP contribution in [0.3, 0.4) is 0 Å². The molecule has 4 nitrogen and oxygen atoms in total. The molecule has 6 heteroatoms. The highest BCUT2D eigenvalue weighted by Crippen LogP contribution is 2.41. The fraction of sp³-hybridized carbons (Fsp3) is 0.500. The summed E-state index contributed by atoms with van der Waals surface area (Å²) in [5.74, 6) is 1.37. The van der Waals surface area contributed by atoms with Crippen molar-refractivity contribution in [3.63, 3.8) is 0 Å². The Labute approximate surface area is 151 Å². The molecule has 1 aromatic carbocycles. The molecule has 2 unspecified atom stereocenters. The molecule has 1 aliphatic carbocycles. The first-order valence-corrected chi connectivity index (χ1v) is 9.14. The Morgan fingerprint density at radius 1 is 1.38 bits per heavy atom. The van der Waals surface area contributed by atoms with Gasteiger partial charge in [-0.25, -0.2) is 0 Å². The zero-order valence-electron chi connectivity index (χ0n) is 13.3. The standard InChI is InChI=1S/C18H20Cl2N2O2/c19-14-5-12-4-11(9-24-17(12)15(20)7-14)8-21-10-18-3-1-2-13(18)6-16(23)22-18/h4-5,7,13,21H,1-3,6,8-10H2,(H,22,23). The number of rotatable bonds is 4. The fourth-order valence-corrected chi connectivity index (χ4v) is 4.81. The summed E-state index contributed by atoms with van der Waals surface area (Å²) >= 11 is 12.2. The SMILES string of the molecule is O=C1CC2CCCC2(CNCC2=Cc3cc(Cl)cc(Cl)c3OC2)N1. The van der Waals surface area contributed by atoms with Crippen molar-refractivity contribution in [2.45, 2.75) is 31.2 Å². The van der Waals surface area contributed by atoms with E-state index in [2.05, 4.69) is 16.7 Å². The van der Waals surface area contributed by atoms with E-state index in [1.54, 1.807) is 6.07 Å². The third kappa shape index (κ3) is 2.92. The van der Waals surface area contributed by atoms with Gasteiger partial charge in [0.05, 0.1) is 10.6 Å². The number of halogens is 2. The van der Waals surface area contributed by atoms with Crippen molar-refractivity contribution in [2.75, 3.05) is 19.7 Å². The van der Waals surface area contributed by atoms with Gasteiger partial charge in [0.15, 0.2) is 0 Å². The minimum Gasteiger partial charge on any atom is -0.487 e. The Hall–Kier alpha value is -1.23. The molecule has 2 fully saturated rings. The highest BCUT2D eigenvalue weighted by Gasteiger charge is 2.49. The molecule has 2 heterocycles. The topological polar surface area (TPSA) is 50.4 Å². The van der Waals surface area contributed by atoms with Gasteiger partial charge < -0.3 is 15.4 Å². The molecule has 24 heavy (non-hydrogen) atoms. The van der Waals surface area contributed by atoms with E-state index in [9.17, 15) is 4.79 Å². The molecule has 2 N–H and O–H groups in total. The maximum Gasteiger partial charge on any atom is 0.220 e. The number of nitrogens with one attached hydrogen (secondary N) is 2. The third-order valence-corrected chi connectivity index (χ3v) is 5.87. The average molecular weight is 367 g/mol. The van der Waals surface area contributed by atoms with Gasteiger partial charge in [0.25, 0.3) is 0 Å². The van der Waals surface area contributed by atoms with Gasteiger partial charge in [-0.3, -0.25) is 4.79 Å². The molecule has 1 saturated carbocycles. The van der Waals surface area contributed by atoms with E-state index >= 15 is 0 Å². The Bertz CT molecular complexity index is 719. The smallest absolute Gasteiger partial charge is 0.220 e. The van der Waals surface area contributed by atoms with E-state index in [0.717, 1.165) is 37.1 Å². The first-order valence-electron chi connectivity index (χ1n) is 8.39. The summed E-state index contributed by atoms with van der Waals surface area (Å²) in [7, 11) is 0. The molecule has 2 atom stereocenters. The Morgan fingerprint density at radius 2 is 2.25 bits per heavy atom. The van der Waals surface area contributed by atoms with Crippen LogP contribution in [0.1, 0.15) is 31.2 Å². The second-order valence-corrected chi connectivity index (χ2v) is 7.84. The molecule has 0 spiro atoms. The van der Waals surface area contributed by atoms with E-state index in [0.29, 0.717) is 34.7 Å². The van der Waals surface area contributed by atoms with Crippen molar-refractivity contribution in [1.82, 2.24) is 10.6 Å². The molecular formula is C18H20Cl2N2O2. The maximum atomic E-state index is 11.7. The minimum atomic E-state index is -0.0440. The highest BCUT2D eigenvalue weighted by molar-refractivity contribution is 6.36. The molecule has 0 bridgehead atoms. The van der Waals surface area contributed by atoms with Crippen LogP contribution in [-0.2, 0) is 4.79 Å². The van der Waals surface area contributed by atoms with Crippen LogP contribution in [-0.4, -0.2) is 31.1 Å². The van der Waals surface area contributed by atoms with Crippen LogP contribution in [0.15, 0.2) is 17.7 Å². The number of ether oxygens (including phenoxy) is 1. The number of hydrogen-bond acceptors (Lipinski definition) is 3. The van der Waals surface area contributed by atoms with Crippen molar-refractivity contribution in [1.29, 1.82) is 0 Å². The van der Waals surface area contributed by atoms with Crippen molar-refractivity contribution < 1.29 is 9.53 Å². The molecule has 4 rings (SSSR count). The van der Waals surface area contributed by atoms with E-state index in [1.807, 2.05) is 6.07 Å². The summed E-state index contributed by atoms with van der Waals surface area (Å²) in [5.41, 5.74) is 2.02. The van der Waals surface area contributed by atoms with Gasteiger partial charge in [0.2, 0.25) is 5.91 Å². The zero-order valence-corrected chi connectivity index (χ0v) is 14.8. The maximum absolute atomic E-state index is 11.7. The lowest BCUT2D eigenvalue weighted by molar-refractivity contribution is -0.120. The predicted octanol–water partition coefficient (Wildman–Crippen LogP) is 3.42. The lowest BCUT2D eigenvalue weighted by Gasteiger charge is -2.30. The normalized spacial score (nSPS) is 28.0. The summed E-state index contributed by atoms with van der Waals surface area (Å²) < 4.78 is 5.78. The Kier molecular flexibility index (Phi) is 4.23. The third-order valence-electron chi connectivity index (χ3n) is 5.37. The van der Waals surface area contributed by atoms with Crippen LogP contribution in [0.4, 0.5) is 0 Å². The molecule has 2 aliphatic heterocycles. The average Bonchev–Trinajstić information content (AvgIpc) is 3.02. The molecule has 1 amide bonds. The van der Waals surface area contributed by atoms with Crippen molar-refractivity contribution >= 4 is 35.2 Å². The van der Waals surface area contributed by atoms with E-state index in [-0.39, 0.29) is 11.4 Å². The van der Waals surface area contributed by atoms with E-state index < -0.39 is 0 Å². The van der Waals surface area contributed by atoms with Crippen LogP contribution < -0.4 is 15.4 Å². The molecular weight excluding hydrogens is 347 g/mol. The van der Waals surface area contributed by atoms with Gasteiger partial charge in [-0.05, 0) is 42.5 Å². The molecule has 1 saturated heterocycles. The minimum absolute atomic E-state index is 0.0440. The molecule has 3 aliphatic rings. The van der Waals surface area contributed by atoms with Crippen LogP contribution in [0.5, 0.6) is 5.75 Å². The predicted molar refractivity (Wildman–Crippen MR) is 95.6 cm³/mol. The van der Waals surface area contributed by atoms with Crippen LogP contribution in [0, 0.1) is 5.92 Å². The number of amides is 1. The van der Waals surface area contributed by atoms with Crippen LogP contribution >= 0.6 is 23.2 Å². The number of benzene rings is 1. The lowest BCUT2D eigenvalue weighted by Crippen LogP contribution is -2.51. The molecule has 128 valence electrons. The lowest BCUT2D eigenvalue weighted by atomic mass is 9.89. The van der Waals surface area contributed by atoms with Gasteiger partial charge in [-0.15, -0.1) is 0 Å². The summed E-state index contributed by atoms with van der Waals surface area (Å²) in [6.07, 6.45) is 6.18. The number of carbonyl (C=O) groups excluding carboxylic acids is 1. The first kappa shape index (κ1) is 16.2. The van der Waals surface area contributed by atoms with Gasteiger partial charge in [0.1, 0.15) is 12.4 Å². The van der Waals surface area contributed by atoms with Gasteiger partial charge in [-0.1, -0.05) is 29.6 Å². The molecule has 1 aromatic rings. The van der Waals surface area contributed by atoms with Crippen LogP contribution in [0.25, 0.3) is 6.08 Å². The van der Waals surface area contributed by atoms with Gasteiger partial charge >= 0.3 is 0 Å². The Morgan fingerprint density at radius 3 is 3.12 bits per heavy atom. The molecule has 0 radical (unpaired) electrons.